The molecule has 17 nitrogen and oxygen atoms in total. The monoisotopic (exact) mass is 635 g/mol. The minimum Gasteiger partial charge on any atom is -0.462 e. The zero-order chi connectivity index (χ0) is 32.4. The van der Waals surface area contributed by atoms with Crippen LogP contribution in [0.3, 0.4) is 0 Å². The lowest BCUT2D eigenvalue weighted by Gasteiger charge is -2.29. The van der Waals surface area contributed by atoms with Gasteiger partial charge in [0.2, 0.25) is 11.7 Å². The minimum absolute atomic E-state index is 0.0384. The number of alkyl halides is 1. The molecule has 6 atom stereocenters. The SMILES string of the molecule is C=Cc1cc(OP(=O)(N[C@@H](C)C(=O)OC(C)C)OC[C@@]2(N=[N+]=[N-])O[C@@H](n3cnc4c(=O)[nH]c(N)nc43)[C@H](F)[C@@H]2O)ccc1C. The normalized spacial score (nSPS) is 23.6. The summed E-state index contributed by atoms with van der Waals surface area (Å²) in [5, 5.41) is 16.8. The van der Waals surface area contributed by atoms with E-state index in [4.69, 9.17) is 24.3 Å². The van der Waals surface area contributed by atoms with Crippen LogP contribution in [0.15, 0.2) is 41.0 Å². The average Bonchev–Trinajstić information content (AvgIpc) is 3.48. The lowest BCUT2D eigenvalue weighted by molar-refractivity contribution is -0.149. The number of imidazole rings is 1. The molecule has 5 N–H and O–H groups in total. The topological polar surface area (TPSA) is 242 Å². The van der Waals surface area contributed by atoms with Gasteiger partial charge in [0.15, 0.2) is 23.6 Å². The van der Waals surface area contributed by atoms with Crippen molar-refractivity contribution in [3.05, 3.63) is 63.0 Å². The molecule has 0 bridgehead atoms. The number of aromatic amines is 1. The van der Waals surface area contributed by atoms with Crippen LogP contribution in [-0.2, 0) is 23.4 Å². The summed E-state index contributed by atoms with van der Waals surface area (Å²) in [5.41, 5.74) is 12.8. The molecule has 1 aliphatic heterocycles. The Balaban J connectivity index is 1.68. The van der Waals surface area contributed by atoms with Crippen molar-refractivity contribution in [2.24, 2.45) is 5.11 Å². The molecule has 1 saturated heterocycles. The van der Waals surface area contributed by atoms with Gasteiger partial charge in [-0.15, -0.1) is 0 Å². The molecule has 1 unspecified atom stereocenters. The van der Waals surface area contributed by atoms with Gasteiger partial charge in [-0.25, -0.2) is 13.9 Å². The number of halogens is 1. The molecule has 0 radical (unpaired) electrons. The predicted molar refractivity (Wildman–Crippen MR) is 155 cm³/mol. The van der Waals surface area contributed by atoms with Gasteiger partial charge in [-0.3, -0.25) is 23.7 Å². The number of nitrogens with one attached hydrogen (secondary N) is 2. The molecule has 1 aliphatic rings. The van der Waals surface area contributed by atoms with Crippen LogP contribution >= 0.6 is 7.75 Å². The predicted octanol–water partition coefficient (Wildman–Crippen LogP) is 3.02. The number of ether oxygens (including phenoxy) is 2. The van der Waals surface area contributed by atoms with Crippen LogP contribution in [0.1, 0.15) is 38.1 Å². The number of aromatic nitrogens is 4. The number of azide groups is 1. The maximum Gasteiger partial charge on any atom is 0.459 e. The fourth-order valence-electron chi connectivity index (χ4n) is 4.32. The van der Waals surface area contributed by atoms with E-state index in [1.807, 2.05) is 6.92 Å². The minimum atomic E-state index is -4.61. The fraction of sp³-hybridized carbons (Fsp3) is 0.440. The second kappa shape index (κ2) is 12.7. The van der Waals surface area contributed by atoms with Crippen LogP contribution in [0, 0.1) is 6.92 Å². The van der Waals surface area contributed by atoms with E-state index in [1.54, 1.807) is 26.0 Å². The van der Waals surface area contributed by atoms with Crippen molar-refractivity contribution in [2.45, 2.75) is 64.1 Å². The number of carbonyl (C=O) groups excluding carboxylic acids is 1. The maximum absolute atomic E-state index is 15.6. The second-order valence-electron chi connectivity index (χ2n) is 10.1. The third-order valence-corrected chi connectivity index (χ3v) is 8.12. The molecule has 3 aromatic rings. The molecular formula is C25H31FN9O8P. The molecule has 3 heterocycles. The van der Waals surface area contributed by atoms with Crippen molar-refractivity contribution >= 4 is 36.9 Å². The molecule has 0 saturated carbocycles. The van der Waals surface area contributed by atoms with Gasteiger partial charge in [0.1, 0.15) is 17.9 Å². The number of rotatable bonds is 12. The third-order valence-electron chi connectivity index (χ3n) is 6.49. The highest BCUT2D eigenvalue weighted by Crippen LogP contribution is 2.49. The van der Waals surface area contributed by atoms with E-state index in [9.17, 15) is 24.8 Å². The Labute approximate surface area is 249 Å². The number of aliphatic hydroxyl groups is 1. The molecule has 19 heteroatoms. The van der Waals surface area contributed by atoms with Crippen molar-refractivity contribution in [1.82, 2.24) is 24.6 Å². The molecule has 0 amide bonds. The Morgan fingerprint density at radius 2 is 2.20 bits per heavy atom. The third kappa shape index (κ3) is 6.60. The number of anilines is 1. The molecule has 4 rings (SSSR count). The van der Waals surface area contributed by atoms with Gasteiger partial charge in [0, 0.05) is 4.91 Å². The first-order valence-corrected chi connectivity index (χ1v) is 14.7. The van der Waals surface area contributed by atoms with Crippen LogP contribution < -0.4 is 20.9 Å². The molecule has 236 valence electrons. The standard InChI is InChI=1S/C25H31FN9O8P/c1-6-15-9-16(8-7-13(15)4)43-44(39,32-14(5)23(38)41-12(2)3)40-10-25(33-34-28)19(36)17(26)22(42-25)35-11-29-18-20(35)30-24(27)31-21(18)37/h6-9,11-12,14,17,19,22,36H,1,10H2,2-5H3,(H,32,39)(H3,27,30,31,37)/t14-,17+,19-,22+,25+,44?/m0/s1. The van der Waals surface area contributed by atoms with Crippen molar-refractivity contribution in [3.8, 4) is 5.75 Å². The first kappa shape index (κ1) is 32.6. The highest BCUT2D eigenvalue weighted by atomic mass is 31.2. The molecule has 1 aromatic carbocycles. The molecule has 44 heavy (non-hydrogen) atoms. The molecule has 2 aromatic heterocycles. The van der Waals surface area contributed by atoms with Crippen LogP contribution in [0.5, 0.6) is 5.75 Å². The Kier molecular flexibility index (Phi) is 9.44. The van der Waals surface area contributed by atoms with Crippen LogP contribution in [0.4, 0.5) is 10.3 Å². The van der Waals surface area contributed by atoms with E-state index in [1.165, 1.54) is 19.1 Å². The number of aliphatic hydroxyl groups excluding tert-OH is 1. The quantitative estimate of drug-likeness (QED) is 0.0738. The Bertz CT molecular complexity index is 1730. The second-order valence-corrected chi connectivity index (χ2v) is 11.8. The molecular weight excluding hydrogens is 604 g/mol. The zero-order valence-corrected chi connectivity index (χ0v) is 25.0. The zero-order valence-electron chi connectivity index (χ0n) is 24.1. The number of benzene rings is 1. The molecule has 1 fully saturated rings. The lowest BCUT2D eigenvalue weighted by Crippen LogP contribution is -2.45. The summed E-state index contributed by atoms with van der Waals surface area (Å²) in [6, 6.07) is 3.42. The Hall–Kier alpha value is -4.31. The van der Waals surface area contributed by atoms with Crippen LogP contribution in [-0.4, -0.2) is 67.3 Å². The van der Waals surface area contributed by atoms with E-state index in [2.05, 4.69) is 36.6 Å². The van der Waals surface area contributed by atoms with Crippen molar-refractivity contribution < 1.29 is 37.4 Å². The summed E-state index contributed by atoms with van der Waals surface area (Å²) in [5.74, 6) is -1.05. The summed E-state index contributed by atoms with van der Waals surface area (Å²) in [6.07, 6.45) is -4.17. The van der Waals surface area contributed by atoms with Crippen molar-refractivity contribution in [2.75, 3.05) is 12.3 Å². The Morgan fingerprint density at radius 1 is 1.48 bits per heavy atom. The number of H-pyrrole nitrogens is 1. The summed E-state index contributed by atoms with van der Waals surface area (Å²) in [6.45, 7) is 9.09. The smallest absolute Gasteiger partial charge is 0.459 e. The number of nitrogens with two attached hydrogens (primary N) is 1. The van der Waals surface area contributed by atoms with E-state index in [-0.39, 0.29) is 22.9 Å². The number of nitrogens with zero attached hydrogens (tertiary/aromatic N) is 6. The number of fused-ring (bicyclic) bond motifs is 1. The first-order chi connectivity index (χ1) is 20.7. The van der Waals surface area contributed by atoms with Gasteiger partial charge in [-0.05, 0) is 56.5 Å². The highest BCUT2D eigenvalue weighted by Gasteiger charge is 2.57. The molecule has 0 aliphatic carbocycles. The van der Waals surface area contributed by atoms with Crippen LogP contribution in [0.25, 0.3) is 27.7 Å². The van der Waals surface area contributed by atoms with E-state index < -0.39 is 62.3 Å². The first-order valence-electron chi connectivity index (χ1n) is 13.2. The fourth-order valence-corrected chi connectivity index (χ4v) is 5.83. The number of carbonyl (C=O) groups is 1. The Morgan fingerprint density at radius 3 is 2.86 bits per heavy atom. The number of esters is 1. The average molecular weight is 636 g/mol. The van der Waals surface area contributed by atoms with Gasteiger partial charge in [-0.1, -0.05) is 23.8 Å². The summed E-state index contributed by atoms with van der Waals surface area (Å²) >= 11 is 0. The van der Waals surface area contributed by atoms with E-state index >= 15 is 4.39 Å². The maximum atomic E-state index is 15.6. The number of hydrogen-bond acceptors (Lipinski definition) is 12. The van der Waals surface area contributed by atoms with E-state index in [0.717, 1.165) is 16.5 Å². The van der Waals surface area contributed by atoms with Crippen LogP contribution in [0.2, 0.25) is 0 Å². The summed E-state index contributed by atoms with van der Waals surface area (Å²) in [7, 11) is -4.61. The number of nitrogen functional groups attached to an aromatic ring is 1. The van der Waals surface area contributed by atoms with Gasteiger partial charge in [-0.2, -0.15) is 10.1 Å². The lowest BCUT2D eigenvalue weighted by atomic mass is 10.1. The molecule has 0 spiro atoms. The summed E-state index contributed by atoms with van der Waals surface area (Å²) < 4.78 is 52.8. The van der Waals surface area contributed by atoms with Gasteiger partial charge < -0.3 is 24.8 Å². The van der Waals surface area contributed by atoms with Crippen molar-refractivity contribution in [3.63, 3.8) is 0 Å². The van der Waals surface area contributed by atoms with E-state index in [0.29, 0.717) is 5.56 Å². The summed E-state index contributed by atoms with van der Waals surface area (Å²) in [4.78, 5) is 37.5. The number of hydrogen-bond donors (Lipinski definition) is 4. The van der Waals surface area contributed by atoms with Gasteiger partial charge >= 0.3 is 13.7 Å². The van der Waals surface area contributed by atoms with Gasteiger partial charge in [0.05, 0.1) is 19.0 Å². The van der Waals surface area contributed by atoms with Crippen molar-refractivity contribution in [1.29, 1.82) is 0 Å². The van der Waals surface area contributed by atoms with Gasteiger partial charge in [0.25, 0.3) is 5.56 Å². The number of aryl methyl sites for hydroxylation is 1. The largest absolute Gasteiger partial charge is 0.462 e. The highest BCUT2D eigenvalue weighted by molar-refractivity contribution is 7.52.